The second-order valence-electron chi connectivity index (χ2n) is 4.43. The molecule has 1 aliphatic carbocycles. The number of nitrogens with one attached hydrogen (secondary N) is 1. The Morgan fingerprint density at radius 2 is 1.95 bits per heavy atom. The summed E-state index contributed by atoms with van der Waals surface area (Å²) in [5.41, 5.74) is 0.0606. The quantitative estimate of drug-likeness (QED) is 0.780. The average Bonchev–Trinajstić information content (AvgIpc) is 2.41. The summed E-state index contributed by atoms with van der Waals surface area (Å²) in [5.74, 6) is -2.33. The summed E-state index contributed by atoms with van der Waals surface area (Å²) < 4.78 is 5.45. The first-order valence-electron chi connectivity index (χ1n) is 6.00. The molecule has 1 aromatic carbocycles. The third kappa shape index (κ3) is 2.85. The van der Waals surface area contributed by atoms with Crippen LogP contribution >= 0.6 is 0 Å². The fourth-order valence-electron chi connectivity index (χ4n) is 1.95. The summed E-state index contributed by atoms with van der Waals surface area (Å²) in [7, 11) is 0. The number of aliphatic carboxylic acids is 1. The van der Waals surface area contributed by atoms with Crippen LogP contribution in [-0.2, 0) is 4.79 Å². The van der Waals surface area contributed by atoms with E-state index >= 15 is 0 Å². The molecule has 0 saturated heterocycles. The Morgan fingerprint density at radius 1 is 1.25 bits per heavy atom. The summed E-state index contributed by atoms with van der Waals surface area (Å²) >= 11 is 0. The molecular formula is C14H13NO5. The van der Waals surface area contributed by atoms with Crippen LogP contribution in [0.4, 0.5) is 0 Å². The molecule has 1 unspecified atom stereocenters. The zero-order valence-electron chi connectivity index (χ0n) is 10.5. The number of allylic oxidation sites excluding steroid dienone is 2. The number of hydrogen-bond acceptors (Lipinski definition) is 4. The summed E-state index contributed by atoms with van der Waals surface area (Å²) in [6.45, 7) is 0. The second kappa shape index (κ2) is 5.56. The van der Waals surface area contributed by atoms with Crippen LogP contribution < -0.4 is 4.74 Å². The number of carbonyl (C=O) groups is 2. The molecule has 20 heavy (non-hydrogen) atoms. The summed E-state index contributed by atoms with van der Waals surface area (Å²) in [5, 5.41) is 25.7. The largest absolute Gasteiger partial charge is 0.481 e. The maximum Gasteiger partial charge on any atom is 0.339 e. The Kier molecular flexibility index (Phi) is 3.84. The highest BCUT2D eigenvalue weighted by Gasteiger charge is 2.26. The normalized spacial score (nSPS) is 18.3. The van der Waals surface area contributed by atoms with Crippen LogP contribution in [0.25, 0.3) is 0 Å². The molecule has 1 atom stereocenters. The van der Waals surface area contributed by atoms with E-state index in [0.29, 0.717) is 0 Å². The SMILES string of the molecule is N=C1CC(C(=O)O)CC=C1Oc1ccccc1C(=O)O. The lowest BCUT2D eigenvalue weighted by atomic mass is 9.92. The van der Waals surface area contributed by atoms with Gasteiger partial charge in [-0.2, -0.15) is 0 Å². The first-order chi connectivity index (χ1) is 9.49. The van der Waals surface area contributed by atoms with Gasteiger partial charge in [0.25, 0.3) is 0 Å². The molecule has 0 radical (unpaired) electrons. The van der Waals surface area contributed by atoms with Gasteiger partial charge in [0.05, 0.1) is 11.6 Å². The number of para-hydroxylation sites is 1. The van der Waals surface area contributed by atoms with Gasteiger partial charge < -0.3 is 20.4 Å². The Balaban J connectivity index is 2.21. The molecular weight excluding hydrogens is 262 g/mol. The molecule has 6 heteroatoms. The van der Waals surface area contributed by atoms with Gasteiger partial charge in [0.2, 0.25) is 0 Å². The van der Waals surface area contributed by atoms with Crippen molar-refractivity contribution in [2.24, 2.45) is 5.92 Å². The van der Waals surface area contributed by atoms with Gasteiger partial charge in [-0.25, -0.2) is 4.79 Å². The number of rotatable bonds is 4. The van der Waals surface area contributed by atoms with E-state index in [-0.39, 0.29) is 35.6 Å². The number of hydrogen-bond donors (Lipinski definition) is 3. The lowest BCUT2D eigenvalue weighted by Gasteiger charge is -2.20. The lowest BCUT2D eigenvalue weighted by molar-refractivity contribution is -0.141. The van der Waals surface area contributed by atoms with Gasteiger partial charge in [0.15, 0.2) is 0 Å². The highest BCUT2D eigenvalue weighted by molar-refractivity contribution is 6.00. The summed E-state index contributed by atoms with van der Waals surface area (Å²) in [6, 6.07) is 6.12. The van der Waals surface area contributed by atoms with Gasteiger partial charge in [-0.05, 0) is 24.6 Å². The molecule has 0 bridgehead atoms. The van der Waals surface area contributed by atoms with Gasteiger partial charge in [-0.1, -0.05) is 12.1 Å². The van der Waals surface area contributed by atoms with Crippen LogP contribution in [0.1, 0.15) is 23.2 Å². The van der Waals surface area contributed by atoms with Gasteiger partial charge >= 0.3 is 11.9 Å². The molecule has 0 amide bonds. The predicted molar refractivity (Wildman–Crippen MR) is 70.2 cm³/mol. The number of carboxylic acids is 2. The summed E-state index contributed by atoms with van der Waals surface area (Å²) in [4.78, 5) is 21.9. The number of ether oxygens (including phenoxy) is 1. The highest BCUT2D eigenvalue weighted by Crippen LogP contribution is 2.26. The molecule has 0 fully saturated rings. The molecule has 0 heterocycles. The molecule has 3 N–H and O–H groups in total. The topological polar surface area (TPSA) is 108 Å². The third-order valence-corrected chi connectivity index (χ3v) is 3.02. The fraction of sp³-hybridized carbons (Fsp3) is 0.214. The molecule has 1 aromatic rings. The first kappa shape index (κ1) is 13.8. The molecule has 0 aromatic heterocycles. The first-order valence-corrected chi connectivity index (χ1v) is 6.00. The maximum atomic E-state index is 11.1. The van der Waals surface area contributed by atoms with Gasteiger partial charge in [0.1, 0.15) is 17.1 Å². The van der Waals surface area contributed by atoms with Gasteiger partial charge in [-0.3, -0.25) is 4.79 Å². The minimum atomic E-state index is -1.12. The lowest BCUT2D eigenvalue weighted by Crippen LogP contribution is -2.24. The minimum Gasteiger partial charge on any atom is -0.481 e. The number of aromatic carboxylic acids is 1. The minimum absolute atomic E-state index is 0.00144. The molecule has 104 valence electrons. The smallest absolute Gasteiger partial charge is 0.339 e. The van der Waals surface area contributed by atoms with Crippen molar-refractivity contribution in [3.8, 4) is 5.75 Å². The Labute approximate surface area is 114 Å². The summed E-state index contributed by atoms with van der Waals surface area (Å²) in [6.07, 6.45) is 1.86. The molecule has 6 nitrogen and oxygen atoms in total. The monoisotopic (exact) mass is 275 g/mol. The average molecular weight is 275 g/mol. The Morgan fingerprint density at radius 3 is 2.55 bits per heavy atom. The van der Waals surface area contributed by atoms with E-state index in [4.69, 9.17) is 20.4 Å². The molecule has 0 saturated carbocycles. The van der Waals surface area contributed by atoms with Crippen LogP contribution in [0.5, 0.6) is 5.75 Å². The van der Waals surface area contributed by atoms with Crippen molar-refractivity contribution in [3.63, 3.8) is 0 Å². The molecule has 2 rings (SSSR count). The second-order valence-corrected chi connectivity index (χ2v) is 4.43. The van der Waals surface area contributed by atoms with Crippen molar-refractivity contribution >= 4 is 17.7 Å². The Hall–Kier alpha value is -2.63. The van der Waals surface area contributed by atoms with Crippen molar-refractivity contribution in [3.05, 3.63) is 41.7 Å². The van der Waals surface area contributed by atoms with E-state index in [9.17, 15) is 9.59 Å². The number of carboxylic acid groups (broad SMARTS) is 2. The zero-order valence-corrected chi connectivity index (χ0v) is 10.5. The van der Waals surface area contributed by atoms with E-state index in [2.05, 4.69) is 0 Å². The third-order valence-electron chi connectivity index (χ3n) is 3.02. The van der Waals surface area contributed by atoms with E-state index < -0.39 is 17.9 Å². The van der Waals surface area contributed by atoms with E-state index in [1.807, 2.05) is 0 Å². The Bertz CT molecular complexity index is 605. The molecule has 0 aliphatic heterocycles. The van der Waals surface area contributed by atoms with Crippen molar-refractivity contribution in [1.82, 2.24) is 0 Å². The van der Waals surface area contributed by atoms with Crippen LogP contribution in [0.15, 0.2) is 36.1 Å². The molecule has 0 spiro atoms. The van der Waals surface area contributed by atoms with Gasteiger partial charge in [0, 0.05) is 6.42 Å². The van der Waals surface area contributed by atoms with Crippen molar-refractivity contribution in [2.75, 3.05) is 0 Å². The number of benzene rings is 1. The van der Waals surface area contributed by atoms with E-state index in [0.717, 1.165) is 0 Å². The van der Waals surface area contributed by atoms with Crippen molar-refractivity contribution in [1.29, 1.82) is 5.41 Å². The van der Waals surface area contributed by atoms with E-state index in [1.54, 1.807) is 12.1 Å². The van der Waals surface area contributed by atoms with Gasteiger partial charge in [-0.15, -0.1) is 0 Å². The van der Waals surface area contributed by atoms with Crippen molar-refractivity contribution in [2.45, 2.75) is 12.8 Å². The predicted octanol–water partition coefficient (Wildman–Crippen LogP) is 2.16. The molecule has 1 aliphatic rings. The zero-order chi connectivity index (χ0) is 14.7. The standard InChI is InChI=1S/C14H13NO5/c15-10-7-8(13(16)17)5-6-12(10)20-11-4-2-1-3-9(11)14(18)19/h1-4,6,8,15H,5,7H2,(H,16,17)(H,18,19). The van der Waals surface area contributed by atoms with Crippen molar-refractivity contribution < 1.29 is 24.5 Å². The van der Waals surface area contributed by atoms with Crippen LogP contribution in [0, 0.1) is 11.3 Å². The fourth-order valence-corrected chi connectivity index (χ4v) is 1.95. The van der Waals surface area contributed by atoms with Crippen LogP contribution in [-0.4, -0.2) is 27.9 Å². The van der Waals surface area contributed by atoms with E-state index in [1.165, 1.54) is 18.2 Å². The van der Waals surface area contributed by atoms with Crippen LogP contribution in [0.3, 0.4) is 0 Å². The maximum absolute atomic E-state index is 11.1. The van der Waals surface area contributed by atoms with Crippen LogP contribution in [0.2, 0.25) is 0 Å². The highest BCUT2D eigenvalue weighted by atomic mass is 16.5.